The van der Waals surface area contributed by atoms with Gasteiger partial charge in [0.15, 0.2) is 0 Å². The lowest BCUT2D eigenvalue weighted by Gasteiger charge is -2.25. The van der Waals surface area contributed by atoms with Gasteiger partial charge in [0.2, 0.25) is 5.91 Å². The summed E-state index contributed by atoms with van der Waals surface area (Å²) >= 11 is 1.58. The summed E-state index contributed by atoms with van der Waals surface area (Å²) in [7, 11) is 0. The van der Waals surface area contributed by atoms with Crippen LogP contribution in [-0.2, 0) is 4.79 Å². The number of nitrogens with zero attached hydrogens (tertiary/aromatic N) is 1. The fraction of sp³-hybridized carbons (Fsp3) is 0.300. The third-order valence-corrected chi connectivity index (χ3v) is 5.26. The first-order chi connectivity index (χ1) is 12.2. The van der Waals surface area contributed by atoms with Gasteiger partial charge in [-0.3, -0.25) is 4.79 Å². The van der Waals surface area contributed by atoms with Crippen LogP contribution >= 0.6 is 11.8 Å². The number of carbonyl (C=O) groups excluding carboxylic acids is 1. The molecule has 0 aliphatic heterocycles. The third-order valence-electron chi connectivity index (χ3n) is 4.22. The van der Waals surface area contributed by atoms with Gasteiger partial charge >= 0.3 is 0 Å². The highest BCUT2D eigenvalue weighted by molar-refractivity contribution is 7.99. The van der Waals surface area contributed by atoms with Crippen LogP contribution < -0.4 is 5.32 Å². The maximum absolute atomic E-state index is 12.1. The second kappa shape index (κ2) is 8.83. The molecule has 2 N–H and O–H groups in total. The quantitative estimate of drug-likeness (QED) is 0.804. The molecule has 0 saturated heterocycles. The van der Waals surface area contributed by atoms with Gasteiger partial charge in [-0.2, -0.15) is 0 Å². The molecule has 4 nitrogen and oxygen atoms in total. The van der Waals surface area contributed by atoms with Crippen LogP contribution in [0.4, 0.5) is 0 Å². The molecule has 1 aromatic heterocycles. The Morgan fingerprint density at radius 2 is 1.88 bits per heavy atom. The van der Waals surface area contributed by atoms with Crippen LogP contribution in [0.15, 0.2) is 64.7 Å². The van der Waals surface area contributed by atoms with Gasteiger partial charge in [0, 0.05) is 28.8 Å². The highest BCUT2D eigenvalue weighted by atomic mass is 32.2. The summed E-state index contributed by atoms with van der Waals surface area (Å²) in [5.41, 5.74) is 0.922. The Kier molecular flexibility index (Phi) is 6.25. The SMILES string of the molecule is O=C(C=Cc1cccnc1Sc1ccccc1)NC1CCC(O)CC1. The Morgan fingerprint density at radius 1 is 1.12 bits per heavy atom. The van der Waals surface area contributed by atoms with Crippen molar-refractivity contribution in [2.75, 3.05) is 0 Å². The Morgan fingerprint density at radius 3 is 2.64 bits per heavy atom. The number of carbonyl (C=O) groups is 1. The molecule has 25 heavy (non-hydrogen) atoms. The summed E-state index contributed by atoms with van der Waals surface area (Å²) in [6.45, 7) is 0. The number of hydrogen-bond acceptors (Lipinski definition) is 4. The summed E-state index contributed by atoms with van der Waals surface area (Å²) in [5.74, 6) is -0.0964. The Balaban J connectivity index is 1.62. The van der Waals surface area contributed by atoms with Crippen LogP contribution in [0.1, 0.15) is 31.2 Å². The average molecular weight is 354 g/mol. The molecule has 5 heteroatoms. The van der Waals surface area contributed by atoms with Gasteiger partial charge < -0.3 is 10.4 Å². The fourth-order valence-electron chi connectivity index (χ4n) is 2.85. The third kappa shape index (κ3) is 5.44. The van der Waals surface area contributed by atoms with Gasteiger partial charge in [0.05, 0.1) is 6.10 Å². The Hall–Kier alpha value is -2.11. The molecule has 1 aromatic carbocycles. The molecule has 130 valence electrons. The number of pyridine rings is 1. The van der Waals surface area contributed by atoms with Crippen molar-refractivity contribution in [3.8, 4) is 0 Å². The van der Waals surface area contributed by atoms with E-state index in [0.29, 0.717) is 0 Å². The van der Waals surface area contributed by atoms with E-state index < -0.39 is 0 Å². The van der Waals surface area contributed by atoms with Crippen LogP contribution in [-0.4, -0.2) is 28.1 Å². The molecule has 1 aliphatic carbocycles. The van der Waals surface area contributed by atoms with E-state index in [1.807, 2.05) is 48.5 Å². The average Bonchev–Trinajstić information content (AvgIpc) is 2.64. The van der Waals surface area contributed by atoms with Crippen molar-refractivity contribution < 1.29 is 9.90 Å². The molecule has 0 bridgehead atoms. The molecule has 0 spiro atoms. The normalized spacial score (nSPS) is 20.5. The first kappa shape index (κ1) is 17.7. The van der Waals surface area contributed by atoms with Crippen LogP contribution in [0, 0.1) is 0 Å². The summed E-state index contributed by atoms with van der Waals surface area (Å²) in [6.07, 6.45) is 8.12. The lowest BCUT2D eigenvalue weighted by molar-refractivity contribution is -0.117. The number of aliphatic hydroxyl groups is 1. The summed E-state index contributed by atoms with van der Waals surface area (Å²) in [4.78, 5) is 17.7. The maximum Gasteiger partial charge on any atom is 0.244 e. The van der Waals surface area contributed by atoms with Crippen molar-refractivity contribution in [2.24, 2.45) is 0 Å². The van der Waals surface area contributed by atoms with Gasteiger partial charge in [-0.25, -0.2) is 4.98 Å². The van der Waals surface area contributed by atoms with Crippen molar-refractivity contribution in [1.82, 2.24) is 10.3 Å². The standard InChI is InChI=1S/C20H22N2O2S/c23-17-11-9-16(10-12-17)22-19(24)13-8-15-5-4-14-21-20(15)25-18-6-2-1-3-7-18/h1-8,13-14,16-17,23H,9-12H2,(H,22,24). The monoisotopic (exact) mass is 354 g/mol. The molecular weight excluding hydrogens is 332 g/mol. The predicted molar refractivity (Wildman–Crippen MR) is 100 cm³/mol. The lowest BCUT2D eigenvalue weighted by Crippen LogP contribution is -2.37. The molecule has 1 saturated carbocycles. The molecule has 1 aliphatic rings. The molecule has 0 unspecified atom stereocenters. The van der Waals surface area contributed by atoms with Crippen LogP contribution in [0.5, 0.6) is 0 Å². The molecule has 1 heterocycles. The molecule has 2 aromatic rings. The molecule has 3 rings (SSSR count). The van der Waals surface area contributed by atoms with Gasteiger partial charge in [0.1, 0.15) is 5.03 Å². The van der Waals surface area contributed by atoms with Crippen molar-refractivity contribution >= 4 is 23.7 Å². The molecule has 1 fully saturated rings. The van der Waals surface area contributed by atoms with Gasteiger partial charge in [-0.1, -0.05) is 36.0 Å². The van der Waals surface area contributed by atoms with Crippen LogP contribution in [0.25, 0.3) is 6.08 Å². The fourth-order valence-corrected chi connectivity index (χ4v) is 3.73. The summed E-state index contributed by atoms with van der Waals surface area (Å²) in [5, 5.41) is 13.4. The maximum atomic E-state index is 12.1. The van der Waals surface area contributed by atoms with Crippen molar-refractivity contribution in [3.05, 3.63) is 60.3 Å². The van der Waals surface area contributed by atoms with Crippen molar-refractivity contribution in [3.63, 3.8) is 0 Å². The van der Waals surface area contributed by atoms with Crippen LogP contribution in [0.3, 0.4) is 0 Å². The molecule has 0 atom stereocenters. The second-order valence-corrected chi connectivity index (χ2v) is 7.22. The van der Waals surface area contributed by atoms with E-state index in [-0.39, 0.29) is 18.1 Å². The zero-order chi connectivity index (χ0) is 17.5. The number of hydrogen-bond donors (Lipinski definition) is 2. The van der Waals surface area contributed by atoms with Crippen molar-refractivity contribution in [1.29, 1.82) is 0 Å². The summed E-state index contributed by atoms with van der Waals surface area (Å²) < 4.78 is 0. The zero-order valence-corrected chi connectivity index (χ0v) is 14.8. The van der Waals surface area contributed by atoms with E-state index >= 15 is 0 Å². The lowest BCUT2D eigenvalue weighted by atomic mass is 9.93. The zero-order valence-electron chi connectivity index (χ0n) is 14.0. The number of aliphatic hydroxyl groups excluding tert-OH is 1. The number of amides is 1. The molecule has 1 amide bonds. The Labute approximate surface area is 152 Å². The molecular formula is C20H22N2O2S. The van der Waals surface area contributed by atoms with Crippen molar-refractivity contribution in [2.45, 2.75) is 47.8 Å². The van der Waals surface area contributed by atoms with Crippen LogP contribution in [0.2, 0.25) is 0 Å². The highest BCUT2D eigenvalue weighted by Gasteiger charge is 2.19. The van der Waals surface area contributed by atoms with E-state index in [1.165, 1.54) is 0 Å². The predicted octanol–water partition coefficient (Wildman–Crippen LogP) is 3.67. The van der Waals surface area contributed by atoms with Gasteiger partial charge in [0.25, 0.3) is 0 Å². The molecule has 0 radical (unpaired) electrons. The van der Waals surface area contributed by atoms with E-state index in [4.69, 9.17) is 0 Å². The number of aromatic nitrogens is 1. The number of nitrogens with one attached hydrogen (secondary N) is 1. The smallest absolute Gasteiger partial charge is 0.244 e. The van der Waals surface area contributed by atoms with E-state index in [2.05, 4.69) is 10.3 Å². The summed E-state index contributed by atoms with van der Waals surface area (Å²) in [6, 6.07) is 14.0. The van der Waals surface area contributed by atoms with E-state index in [0.717, 1.165) is 41.2 Å². The van der Waals surface area contributed by atoms with E-state index in [1.54, 1.807) is 24.0 Å². The minimum Gasteiger partial charge on any atom is -0.393 e. The highest BCUT2D eigenvalue weighted by Crippen LogP contribution is 2.28. The minimum atomic E-state index is -0.211. The van der Waals surface area contributed by atoms with Gasteiger partial charge in [-0.05, 0) is 50.0 Å². The van der Waals surface area contributed by atoms with Gasteiger partial charge in [-0.15, -0.1) is 0 Å². The number of benzene rings is 1. The second-order valence-electron chi connectivity index (χ2n) is 6.16. The Bertz CT molecular complexity index is 725. The first-order valence-electron chi connectivity index (χ1n) is 8.55. The number of rotatable bonds is 5. The topological polar surface area (TPSA) is 62.2 Å². The first-order valence-corrected chi connectivity index (χ1v) is 9.37. The minimum absolute atomic E-state index is 0.0964. The largest absolute Gasteiger partial charge is 0.393 e. The van der Waals surface area contributed by atoms with E-state index in [9.17, 15) is 9.90 Å².